The monoisotopic (exact) mass is 356 g/mol. The van der Waals surface area contributed by atoms with Crippen LogP contribution in [0.15, 0.2) is 58.9 Å². The number of aryl methyl sites for hydroxylation is 1. The fourth-order valence-electron chi connectivity index (χ4n) is 2.46. The van der Waals surface area contributed by atoms with Gasteiger partial charge in [0.2, 0.25) is 5.91 Å². The van der Waals surface area contributed by atoms with Gasteiger partial charge in [-0.25, -0.2) is 4.98 Å². The van der Waals surface area contributed by atoms with Crippen molar-refractivity contribution >= 4 is 39.2 Å². The molecular weight excluding hydrogens is 336 g/mol. The maximum atomic E-state index is 12.1. The quantitative estimate of drug-likeness (QED) is 0.633. The fourth-order valence-corrected chi connectivity index (χ4v) is 4.34. The number of thioether (sulfide) groups is 1. The number of hydrogen-bond acceptors (Lipinski definition) is 4. The number of carbonyl (C=O) groups excluding carboxylic acids is 1. The van der Waals surface area contributed by atoms with E-state index in [1.165, 1.54) is 17.3 Å². The molecule has 0 saturated carbocycles. The summed E-state index contributed by atoms with van der Waals surface area (Å²) in [4.78, 5) is 16.6. The average Bonchev–Trinajstić information content (AvgIpc) is 3.02. The zero-order valence-corrected chi connectivity index (χ0v) is 15.2. The first kappa shape index (κ1) is 17.0. The summed E-state index contributed by atoms with van der Waals surface area (Å²) in [6, 6.07) is 18.6. The van der Waals surface area contributed by atoms with Crippen molar-refractivity contribution in [3.8, 4) is 0 Å². The average molecular weight is 357 g/mol. The molecule has 0 radical (unpaired) electrons. The number of hydrogen-bond donors (Lipinski definition) is 1. The topological polar surface area (TPSA) is 42.0 Å². The molecule has 1 amide bonds. The molecule has 5 heteroatoms. The van der Waals surface area contributed by atoms with Crippen molar-refractivity contribution in [2.45, 2.75) is 30.1 Å². The largest absolute Gasteiger partial charge is 0.353 e. The molecule has 3 aromatic rings. The zero-order valence-electron chi connectivity index (χ0n) is 13.6. The summed E-state index contributed by atoms with van der Waals surface area (Å²) in [5, 5.41) is 3.07. The number of aromatic nitrogens is 1. The molecule has 0 aliphatic rings. The van der Waals surface area contributed by atoms with E-state index in [9.17, 15) is 4.79 Å². The number of para-hydroxylation sites is 1. The van der Waals surface area contributed by atoms with Crippen LogP contribution in [0.2, 0.25) is 0 Å². The van der Waals surface area contributed by atoms with E-state index in [0.717, 1.165) is 27.4 Å². The van der Waals surface area contributed by atoms with Gasteiger partial charge in [0.25, 0.3) is 0 Å². The molecule has 1 aromatic heterocycles. The molecule has 24 heavy (non-hydrogen) atoms. The van der Waals surface area contributed by atoms with Crippen molar-refractivity contribution < 1.29 is 4.79 Å². The Balaban J connectivity index is 1.43. The highest BCUT2D eigenvalue weighted by atomic mass is 32.2. The number of amides is 1. The van der Waals surface area contributed by atoms with Gasteiger partial charge in [0.05, 0.1) is 16.0 Å². The summed E-state index contributed by atoms with van der Waals surface area (Å²) < 4.78 is 2.11. The van der Waals surface area contributed by atoms with Crippen molar-refractivity contribution in [1.82, 2.24) is 10.3 Å². The van der Waals surface area contributed by atoms with Gasteiger partial charge >= 0.3 is 0 Å². The van der Waals surface area contributed by atoms with E-state index >= 15 is 0 Å². The number of nitrogens with zero attached hydrogens (tertiary/aromatic N) is 1. The molecule has 0 unspecified atom stereocenters. The van der Waals surface area contributed by atoms with Crippen LogP contribution in [-0.4, -0.2) is 22.7 Å². The number of rotatable bonds is 7. The van der Waals surface area contributed by atoms with Crippen LogP contribution in [0.4, 0.5) is 0 Å². The molecule has 3 nitrogen and oxygen atoms in total. The number of carbonyl (C=O) groups is 1. The minimum absolute atomic E-state index is 0.0693. The SMILES string of the molecule is C[C@H](CCc1ccccc1)NC(=O)CSc1nc2ccccc2s1. The van der Waals surface area contributed by atoms with Crippen molar-refractivity contribution in [3.05, 3.63) is 60.2 Å². The van der Waals surface area contributed by atoms with Gasteiger partial charge in [-0.15, -0.1) is 11.3 Å². The van der Waals surface area contributed by atoms with Gasteiger partial charge < -0.3 is 5.32 Å². The third-order valence-corrected chi connectivity index (χ3v) is 5.90. The smallest absolute Gasteiger partial charge is 0.230 e. The summed E-state index contributed by atoms with van der Waals surface area (Å²) in [5.41, 5.74) is 2.31. The lowest BCUT2D eigenvalue weighted by atomic mass is 10.1. The van der Waals surface area contributed by atoms with E-state index in [0.29, 0.717) is 5.75 Å². The molecule has 3 rings (SSSR count). The van der Waals surface area contributed by atoms with Gasteiger partial charge in [0.1, 0.15) is 0 Å². The van der Waals surface area contributed by atoms with Gasteiger partial charge in [0, 0.05) is 6.04 Å². The molecule has 1 N–H and O–H groups in total. The lowest BCUT2D eigenvalue weighted by molar-refractivity contribution is -0.119. The van der Waals surface area contributed by atoms with E-state index < -0.39 is 0 Å². The highest BCUT2D eigenvalue weighted by molar-refractivity contribution is 8.01. The van der Waals surface area contributed by atoms with Gasteiger partial charge in [-0.2, -0.15) is 0 Å². The molecule has 0 fully saturated rings. The van der Waals surface area contributed by atoms with Crippen LogP contribution < -0.4 is 5.32 Å². The Morgan fingerprint density at radius 3 is 2.71 bits per heavy atom. The number of nitrogens with one attached hydrogen (secondary N) is 1. The van der Waals surface area contributed by atoms with E-state index in [-0.39, 0.29) is 11.9 Å². The van der Waals surface area contributed by atoms with Crippen molar-refractivity contribution in [2.75, 3.05) is 5.75 Å². The molecule has 0 bridgehead atoms. The van der Waals surface area contributed by atoms with Gasteiger partial charge in [-0.3, -0.25) is 4.79 Å². The van der Waals surface area contributed by atoms with Gasteiger partial charge in [0.15, 0.2) is 4.34 Å². The van der Waals surface area contributed by atoms with Crippen LogP contribution in [0.1, 0.15) is 18.9 Å². The summed E-state index contributed by atoms with van der Waals surface area (Å²) in [6.45, 7) is 2.06. The first-order valence-electron chi connectivity index (χ1n) is 8.02. The second kappa shape index (κ2) is 8.31. The first-order valence-corrected chi connectivity index (χ1v) is 9.82. The van der Waals surface area contributed by atoms with Crippen LogP contribution in [0.25, 0.3) is 10.2 Å². The van der Waals surface area contributed by atoms with Gasteiger partial charge in [-0.1, -0.05) is 54.2 Å². The third-order valence-electron chi connectivity index (χ3n) is 3.72. The molecule has 124 valence electrons. The molecule has 0 saturated heterocycles. The number of fused-ring (bicyclic) bond motifs is 1. The number of thiazole rings is 1. The van der Waals surface area contributed by atoms with Crippen LogP contribution in [0.5, 0.6) is 0 Å². The molecular formula is C19H20N2OS2. The minimum Gasteiger partial charge on any atom is -0.353 e. The van der Waals surface area contributed by atoms with E-state index in [2.05, 4.69) is 35.4 Å². The second-order valence-electron chi connectivity index (χ2n) is 5.73. The van der Waals surface area contributed by atoms with Crippen molar-refractivity contribution in [2.24, 2.45) is 0 Å². The zero-order chi connectivity index (χ0) is 16.8. The molecule has 0 aliphatic heterocycles. The Bertz CT molecular complexity index is 768. The third kappa shape index (κ3) is 4.82. The predicted molar refractivity (Wildman–Crippen MR) is 103 cm³/mol. The summed E-state index contributed by atoms with van der Waals surface area (Å²) in [5.74, 6) is 0.481. The first-order chi connectivity index (χ1) is 11.7. The molecule has 0 aliphatic carbocycles. The van der Waals surface area contributed by atoms with E-state index in [1.54, 1.807) is 11.3 Å². The van der Waals surface area contributed by atoms with Crippen LogP contribution >= 0.6 is 23.1 Å². The van der Waals surface area contributed by atoms with Crippen LogP contribution in [0.3, 0.4) is 0 Å². The Labute approximate surface area is 150 Å². The second-order valence-corrected chi connectivity index (χ2v) is 7.98. The fraction of sp³-hybridized carbons (Fsp3) is 0.263. The highest BCUT2D eigenvalue weighted by Crippen LogP contribution is 2.29. The highest BCUT2D eigenvalue weighted by Gasteiger charge is 2.10. The van der Waals surface area contributed by atoms with Gasteiger partial charge in [-0.05, 0) is 37.5 Å². The lowest BCUT2D eigenvalue weighted by Crippen LogP contribution is -2.34. The Kier molecular flexibility index (Phi) is 5.88. The lowest BCUT2D eigenvalue weighted by Gasteiger charge is -2.13. The normalized spacial score (nSPS) is 12.2. The Morgan fingerprint density at radius 2 is 1.92 bits per heavy atom. The van der Waals surface area contributed by atoms with Crippen LogP contribution in [-0.2, 0) is 11.2 Å². The van der Waals surface area contributed by atoms with E-state index in [1.807, 2.05) is 36.4 Å². The maximum absolute atomic E-state index is 12.1. The predicted octanol–water partition coefficient (Wildman–Crippen LogP) is 4.53. The molecule has 1 atom stereocenters. The Hall–Kier alpha value is -1.85. The molecule has 1 heterocycles. The summed E-state index contributed by atoms with van der Waals surface area (Å²) in [6.07, 6.45) is 1.93. The van der Waals surface area contributed by atoms with Crippen molar-refractivity contribution in [1.29, 1.82) is 0 Å². The molecule has 0 spiro atoms. The standard InChI is InChI=1S/C19H20N2OS2/c1-14(11-12-15-7-3-2-4-8-15)20-18(22)13-23-19-21-16-9-5-6-10-17(16)24-19/h2-10,14H,11-13H2,1H3,(H,20,22)/t14-/m1/s1. The van der Waals surface area contributed by atoms with E-state index in [4.69, 9.17) is 0 Å². The maximum Gasteiger partial charge on any atom is 0.230 e. The molecule has 2 aromatic carbocycles. The van der Waals surface area contributed by atoms with Crippen molar-refractivity contribution in [3.63, 3.8) is 0 Å². The summed E-state index contributed by atoms with van der Waals surface area (Å²) in [7, 11) is 0. The van der Waals surface area contributed by atoms with Crippen LogP contribution in [0, 0.1) is 0 Å². The summed E-state index contributed by atoms with van der Waals surface area (Å²) >= 11 is 3.14. The minimum atomic E-state index is 0.0693. The Morgan fingerprint density at radius 1 is 1.17 bits per heavy atom. The number of benzene rings is 2.